The van der Waals surface area contributed by atoms with Gasteiger partial charge < -0.3 is 10.6 Å². The fraction of sp³-hybridized carbons (Fsp3) is 0.923. The lowest BCUT2D eigenvalue weighted by Gasteiger charge is -2.33. The third kappa shape index (κ3) is 4.84. The van der Waals surface area contributed by atoms with Crippen LogP contribution in [0.2, 0.25) is 0 Å². The van der Waals surface area contributed by atoms with Crippen LogP contribution in [0.3, 0.4) is 0 Å². The summed E-state index contributed by atoms with van der Waals surface area (Å²) in [7, 11) is 0. The van der Waals surface area contributed by atoms with Crippen LogP contribution in [0.4, 0.5) is 0 Å². The standard InChI is InChI=1S/C13H26N2O.ClH/c1-4-10(2)11(3)15(12-7-8-12)13(16)6-5-9-14;/h10-12H,4-9,14H2,1-3H3;1H. The van der Waals surface area contributed by atoms with Crippen LogP contribution >= 0.6 is 12.4 Å². The second-order valence-electron chi connectivity index (χ2n) is 5.05. The minimum absolute atomic E-state index is 0. The Hall–Kier alpha value is -0.280. The third-order valence-corrected chi connectivity index (χ3v) is 3.73. The topological polar surface area (TPSA) is 46.3 Å². The van der Waals surface area contributed by atoms with Crippen molar-refractivity contribution in [2.75, 3.05) is 6.54 Å². The number of amides is 1. The largest absolute Gasteiger partial charge is 0.337 e. The molecule has 0 aromatic heterocycles. The van der Waals surface area contributed by atoms with Crippen molar-refractivity contribution in [2.45, 2.75) is 65.0 Å². The molecule has 0 spiro atoms. The Balaban J connectivity index is 0.00000256. The molecular weight excluding hydrogens is 236 g/mol. The summed E-state index contributed by atoms with van der Waals surface area (Å²) in [5.74, 6) is 0.892. The van der Waals surface area contributed by atoms with Crippen molar-refractivity contribution in [3.63, 3.8) is 0 Å². The fourth-order valence-electron chi connectivity index (χ4n) is 2.11. The molecule has 3 nitrogen and oxygen atoms in total. The average Bonchev–Trinajstić information content (AvgIpc) is 3.09. The Morgan fingerprint density at radius 1 is 1.41 bits per heavy atom. The highest BCUT2D eigenvalue weighted by molar-refractivity contribution is 5.85. The Labute approximate surface area is 112 Å². The molecule has 17 heavy (non-hydrogen) atoms. The molecule has 0 aromatic rings. The molecule has 1 saturated carbocycles. The zero-order chi connectivity index (χ0) is 12.1. The van der Waals surface area contributed by atoms with Gasteiger partial charge in [-0.2, -0.15) is 0 Å². The van der Waals surface area contributed by atoms with E-state index >= 15 is 0 Å². The zero-order valence-electron chi connectivity index (χ0n) is 11.3. The zero-order valence-corrected chi connectivity index (χ0v) is 12.1. The van der Waals surface area contributed by atoms with Crippen molar-refractivity contribution in [3.05, 3.63) is 0 Å². The maximum atomic E-state index is 12.1. The normalized spacial score (nSPS) is 18.1. The van der Waals surface area contributed by atoms with E-state index in [2.05, 4.69) is 25.7 Å². The molecular formula is C13H27ClN2O. The van der Waals surface area contributed by atoms with Crippen LogP contribution in [0.15, 0.2) is 0 Å². The first-order valence-electron chi connectivity index (χ1n) is 6.63. The summed E-state index contributed by atoms with van der Waals surface area (Å²) >= 11 is 0. The summed E-state index contributed by atoms with van der Waals surface area (Å²) in [6.45, 7) is 7.22. The minimum atomic E-state index is 0. The number of hydrogen-bond donors (Lipinski definition) is 1. The van der Waals surface area contributed by atoms with E-state index in [9.17, 15) is 4.79 Å². The van der Waals surface area contributed by atoms with Gasteiger partial charge in [0.25, 0.3) is 0 Å². The van der Waals surface area contributed by atoms with Crippen molar-refractivity contribution in [1.82, 2.24) is 4.90 Å². The van der Waals surface area contributed by atoms with E-state index in [1.807, 2.05) is 0 Å². The number of carbonyl (C=O) groups excluding carboxylic acids is 1. The van der Waals surface area contributed by atoms with Gasteiger partial charge in [-0.3, -0.25) is 4.79 Å². The van der Waals surface area contributed by atoms with Crippen molar-refractivity contribution < 1.29 is 4.79 Å². The van der Waals surface area contributed by atoms with Gasteiger partial charge in [0.1, 0.15) is 0 Å². The molecule has 0 heterocycles. The molecule has 4 heteroatoms. The van der Waals surface area contributed by atoms with Gasteiger partial charge in [-0.25, -0.2) is 0 Å². The van der Waals surface area contributed by atoms with Gasteiger partial charge in [0.2, 0.25) is 5.91 Å². The van der Waals surface area contributed by atoms with E-state index < -0.39 is 0 Å². The summed E-state index contributed by atoms with van der Waals surface area (Å²) in [6, 6.07) is 0.900. The number of rotatable bonds is 7. The summed E-state index contributed by atoms with van der Waals surface area (Å²) in [5.41, 5.74) is 5.46. The molecule has 2 unspecified atom stereocenters. The summed E-state index contributed by atoms with van der Waals surface area (Å²) in [4.78, 5) is 14.2. The van der Waals surface area contributed by atoms with Gasteiger partial charge in [-0.1, -0.05) is 20.3 Å². The van der Waals surface area contributed by atoms with E-state index in [4.69, 9.17) is 5.73 Å². The van der Waals surface area contributed by atoms with Gasteiger partial charge in [0, 0.05) is 18.5 Å². The van der Waals surface area contributed by atoms with Gasteiger partial charge in [0.15, 0.2) is 0 Å². The molecule has 1 aliphatic carbocycles. The van der Waals surface area contributed by atoms with Crippen LogP contribution in [0.25, 0.3) is 0 Å². The van der Waals surface area contributed by atoms with Crippen LogP contribution in [-0.2, 0) is 4.79 Å². The number of halogens is 1. The van der Waals surface area contributed by atoms with Crippen LogP contribution in [0, 0.1) is 5.92 Å². The van der Waals surface area contributed by atoms with Crippen LogP contribution < -0.4 is 5.73 Å². The summed E-state index contributed by atoms with van der Waals surface area (Å²) in [5, 5.41) is 0. The quantitative estimate of drug-likeness (QED) is 0.767. The van der Waals surface area contributed by atoms with Gasteiger partial charge >= 0.3 is 0 Å². The van der Waals surface area contributed by atoms with E-state index in [-0.39, 0.29) is 12.4 Å². The predicted octanol–water partition coefficient (Wildman–Crippen LogP) is 2.57. The first-order chi connectivity index (χ1) is 7.61. The Morgan fingerprint density at radius 2 is 2.00 bits per heavy atom. The molecule has 1 rings (SSSR count). The molecule has 0 saturated heterocycles. The highest BCUT2D eigenvalue weighted by atomic mass is 35.5. The molecule has 0 bridgehead atoms. The van der Waals surface area contributed by atoms with E-state index in [1.54, 1.807) is 0 Å². The second kappa shape index (κ2) is 7.93. The van der Waals surface area contributed by atoms with Gasteiger partial charge in [-0.05, 0) is 38.6 Å². The highest BCUT2D eigenvalue weighted by Crippen LogP contribution is 2.32. The minimum Gasteiger partial charge on any atom is -0.337 e. The maximum Gasteiger partial charge on any atom is 0.223 e. The number of nitrogens with zero attached hydrogens (tertiary/aromatic N) is 1. The molecule has 102 valence electrons. The van der Waals surface area contributed by atoms with E-state index in [0.717, 1.165) is 12.8 Å². The molecule has 0 aliphatic heterocycles. The molecule has 0 radical (unpaired) electrons. The molecule has 1 fully saturated rings. The Kier molecular flexibility index (Phi) is 7.80. The highest BCUT2D eigenvalue weighted by Gasteiger charge is 2.36. The summed E-state index contributed by atoms with van der Waals surface area (Å²) < 4.78 is 0. The van der Waals surface area contributed by atoms with Crippen LogP contribution in [0.5, 0.6) is 0 Å². The maximum absolute atomic E-state index is 12.1. The SMILES string of the molecule is CCC(C)C(C)N(C(=O)CCCN)C1CC1.Cl. The third-order valence-electron chi connectivity index (χ3n) is 3.73. The number of nitrogens with two attached hydrogens (primary N) is 1. The van der Waals surface area contributed by atoms with Crippen molar-refractivity contribution >= 4 is 18.3 Å². The van der Waals surface area contributed by atoms with Gasteiger partial charge in [0.05, 0.1) is 0 Å². The lowest BCUT2D eigenvalue weighted by atomic mass is 9.98. The molecule has 2 atom stereocenters. The smallest absolute Gasteiger partial charge is 0.223 e. The van der Waals surface area contributed by atoms with Crippen LogP contribution in [0.1, 0.15) is 52.9 Å². The Bertz CT molecular complexity index is 231. The van der Waals surface area contributed by atoms with Crippen molar-refractivity contribution in [1.29, 1.82) is 0 Å². The van der Waals surface area contributed by atoms with Crippen molar-refractivity contribution in [2.24, 2.45) is 11.7 Å². The van der Waals surface area contributed by atoms with E-state index in [0.29, 0.717) is 36.9 Å². The first-order valence-corrected chi connectivity index (χ1v) is 6.63. The molecule has 0 aromatic carbocycles. The number of carbonyl (C=O) groups is 1. The molecule has 2 N–H and O–H groups in total. The van der Waals surface area contributed by atoms with E-state index in [1.165, 1.54) is 12.8 Å². The first kappa shape index (κ1) is 16.7. The second-order valence-corrected chi connectivity index (χ2v) is 5.05. The van der Waals surface area contributed by atoms with Crippen LogP contribution in [-0.4, -0.2) is 29.4 Å². The fourth-order valence-corrected chi connectivity index (χ4v) is 2.11. The van der Waals surface area contributed by atoms with Crippen molar-refractivity contribution in [3.8, 4) is 0 Å². The lowest BCUT2D eigenvalue weighted by molar-refractivity contribution is -0.135. The average molecular weight is 263 g/mol. The summed E-state index contributed by atoms with van der Waals surface area (Å²) in [6.07, 6.45) is 4.95. The predicted molar refractivity (Wildman–Crippen MR) is 74.3 cm³/mol. The monoisotopic (exact) mass is 262 g/mol. The Morgan fingerprint density at radius 3 is 2.41 bits per heavy atom. The molecule has 1 aliphatic rings. The molecule has 1 amide bonds. The van der Waals surface area contributed by atoms with Gasteiger partial charge in [-0.15, -0.1) is 12.4 Å². The number of hydrogen-bond acceptors (Lipinski definition) is 2. The lowest BCUT2D eigenvalue weighted by Crippen LogP contribution is -2.43.